The predicted octanol–water partition coefficient (Wildman–Crippen LogP) is 3.12. The van der Waals surface area contributed by atoms with Crippen LogP contribution in [0.15, 0.2) is 30.5 Å². The summed E-state index contributed by atoms with van der Waals surface area (Å²) in [7, 11) is 5.97. The van der Waals surface area contributed by atoms with Crippen molar-refractivity contribution in [2.45, 2.75) is 32.7 Å². The Balaban J connectivity index is 1.63. The fraction of sp³-hybridized carbons (Fsp3) is 0.591. The molecule has 27 heavy (non-hydrogen) atoms. The van der Waals surface area contributed by atoms with E-state index in [1.807, 2.05) is 17.9 Å². The van der Waals surface area contributed by atoms with Gasteiger partial charge in [-0.2, -0.15) is 5.10 Å². The van der Waals surface area contributed by atoms with Crippen LogP contribution in [0.4, 0.5) is 0 Å². The number of hydrogen-bond acceptors (Lipinski definition) is 4. The first-order chi connectivity index (χ1) is 13.0. The fourth-order valence-corrected chi connectivity index (χ4v) is 3.86. The van der Waals surface area contributed by atoms with Crippen LogP contribution in [0.3, 0.4) is 0 Å². The first-order valence-electron chi connectivity index (χ1n) is 10.1. The van der Waals surface area contributed by atoms with Gasteiger partial charge in [0.2, 0.25) is 0 Å². The molecule has 1 aliphatic rings. The van der Waals surface area contributed by atoms with Crippen molar-refractivity contribution in [3.05, 3.63) is 47.3 Å². The Kier molecular flexibility index (Phi) is 6.91. The zero-order valence-electron chi connectivity index (χ0n) is 17.3. The third kappa shape index (κ3) is 5.56. The van der Waals surface area contributed by atoms with Crippen LogP contribution >= 0.6 is 0 Å². The van der Waals surface area contributed by atoms with Crippen LogP contribution in [-0.4, -0.2) is 59.9 Å². The summed E-state index contributed by atoms with van der Waals surface area (Å²) in [4.78, 5) is 5.08. The Hall–Kier alpha value is -1.85. The normalized spacial score (nSPS) is 16.2. The highest BCUT2D eigenvalue weighted by atomic mass is 16.5. The molecule has 1 saturated heterocycles. The van der Waals surface area contributed by atoms with Crippen molar-refractivity contribution in [2.75, 3.05) is 40.3 Å². The summed E-state index contributed by atoms with van der Waals surface area (Å²) in [5.74, 6) is 1.72. The number of nitrogens with zero attached hydrogens (tertiary/aromatic N) is 4. The zero-order valence-corrected chi connectivity index (χ0v) is 17.3. The van der Waals surface area contributed by atoms with E-state index in [0.717, 1.165) is 31.2 Å². The first kappa shape index (κ1) is 19.9. The minimum atomic E-state index is 0.800. The maximum absolute atomic E-state index is 5.27. The maximum atomic E-state index is 5.27. The van der Waals surface area contributed by atoms with Gasteiger partial charge in [-0.3, -0.25) is 9.58 Å². The number of methoxy groups -OCH3 is 1. The summed E-state index contributed by atoms with van der Waals surface area (Å²) < 4.78 is 7.25. The van der Waals surface area contributed by atoms with Crippen molar-refractivity contribution in [1.29, 1.82) is 0 Å². The lowest BCUT2D eigenvalue weighted by molar-refractivity contribution is 0.156. The molecule has 0 atom stereocenters. The molecule has 1 aromatic carbocycles. The molecule has 0 unspecified atom stereocenters. The van der Waals surface area contributed by atoms with Crippen molar-refractivity contribution in [3.63, 3.8) is 0 Å². The lowest BCUT2D eigenvalue weighted by atomic mass is 9.96. The summed E-state index contributed by atoms with van der Waals surface area (Å²) in [5.41, 5.74) is 3.99. The third-order valence-electron chi connectivity index (χ3n) is 5.96. The molecule has 2 heterocycles. The Morgan fingerprint density at radius 2 is 1.85 bits per heavy atom. The second kappa shape index (κ2) is 9.38. The van der Waals surface area contributed by atoms with Gasteiger partial charge >= 0.3 is 0 Å². The minimum Gasteiger partial charge on any atom is -0.497 e. The van der Waals surface area contributed by atoms with Crippen molar-refractivity contribution >= 4 is 0 Å². The van der Waals surface area contributed by atoms with Crippen molar-refractivity contribution in [2.24, 2.45) is 13.0 Å². The van der Waals surface area contributed by atoms with Gasteiger partial charge in [-0.25, -0.2) is 0 Å². The average Bonchev–Trinajstić information content (AvgIpc) is 3.00. The minimum absolute atomic E-state index is 0.800. The fourth-order valence-electron chi connectivity index (χ4n) is 3.86. The van der Waals surface area contributed by atoms with E-state index in [0.29, 0.717) is 0 Å². The molecular weight excluding hydrogens is 336 g/mol. The van der Waals surface area contributed by atoms with Crippen LogP contribution in [-0.2, 0) is 20.0 Å². The molecule has 0 bridgehead atoms. The van der Waals surface area contributed by atoms with Crippen LogP contribution in [0.2, 0.25) is 0 Å². The Morgan fingerprint density at radius 1 is 1.15 bits per heavy atom. The van der Waals surface area contributed by atoms with Gasteiger partial charge in [0, 0.05) is 37.9 Å². The predicted molar refractivity (Wildman–Crippen MR) is 110 cm³/mol. The lowest BCUT2D eigenvalue weighted by Crippen LogP contribution is -2.37. The van der Waals surface area contributed by atoms with Crippen LogP contribution < -0.4 is 4.74 Å². The quantitative estimate of drug-likeness (QED) is 0.715. The summed E-state index contributed by atoms with van der Waals surface area (Å²) in [6, 6.07) is 8.48. The average molecular weight is 371 g/mol. The van der Waals surface area contributed by atoms with Gasteiger partial charge in [0.15, 0.2) is 0 Å². The molecule has 0 amide bonds. The van der Waals surface area contributed by atoms with Gasteiger partial charge in [0.1, 0.15) is 5.75 Å². The van der Waals surface area contributed by atoms with Crippen molar-refractivity contribution < 1.29 is 4.74 Å². The van der Waals surface area contributed by atoms with Crippen LogP contribution in [0.5, 0.6) is 5.75 Å². The van der Waals surface area contributed by atoms with E-state index in [9.17, 15) is 0 Å². The smallest absolute Gasteiger partial charge is 0.118 e. The molecule has 5 nitrogen and oxygen atoms in total. The Morgan fingerprint density at radius 3 is 2.44 bits per heavy atom. The number of ether oxygens (including phenoxy) is 1. The standard InChI is InChI=1S/C22H34N4O/c1-18-21(15-23-25(18)3)17-26(16-20-9-12-24(2)13-10-20)14-11-19-5-7-22(27-4)8-6-19/h5-8,15,20H,9-14,16-17H2,1-4H3. The van der Waals surface area contributed by atoms with E-state index in [4.69, 9.17) is 4.74 Å². The van der Waals surface area contributed by atoms with Gasteiger partial charge < -0.3 is 9.64 Å². The zero-order chi connectivity index (χ0) is 19.2. The van der Waals surface area contributed by atoms with Gasteiger partial charge in [-0.05, 0) is 69.9 Å². The van der Waals surface area contributed by atoms with E-state index in [-0.39, 0.29) is 0 Å². The molecule has 5 heteroatoms. The van der Waals surface area contributed by atoms with Gasteiger partial charge in [-0.1, -0.05) is 12.1 Å². The summed E-state index contributed by atoms with van der Waals surface area (Å²) >= 11 is 0. The summed E-state index contributed by atoms with van der Waals surface area (Å²) in [5, 5.41) is 4.43. The molecule has 3 rings (SSSR count). The number of rotatable bonds is 8. The second-order valence-electron chi connectivity index (χ2n) is 7.96. The highest BCUT2D eigenvalue weighted by Crippen LogP contribution is 2.20. The number of benzene rings is 1. The molecule has 1 fully saturated rings. The second-order valence-corrected chi connectivity index (χ2v) is 7.96. The summed E-state index contributed by atoms with van der Waals surface area (Å²) in [6.07, 6.45) is 5.71. The van der Waals surface area contributed by atoms with E-state index < -0.39 is 0 Å². The first-order valence-corrected chi connectivity index (χ1v) is 10.1. The SMILES string of the molecule is COc1ccc(CCN(Cc2cnn(C)c2C)CC2CCN(C)CC2)cc1. The largest absolute Gasteiger partial charge is 0.497 e. The molecule has 1 aromatic heterocycles. The number of piperidine rings is 1. The number of aryl methyl sites for hydroxylation is 1. The van der Waals surface area contributed by atoms with Crippen molar-refractivity contribution in [3.8, 4) is 5.75 Å². The van der Waals surface area contributed by atoms with E-state index >= 15 is 0 Å². The molecule has 2 aromatic rings. The summed E-state index contributed by atoms with van der Waals surface area (Å²) in [6.45, 7) is 7.86. The van der Waals surface area contributed by atoms with E-state index in [2.05, 4.69) is 53.1 Å². The molecule has 148 valence electrons. The topological polar surface area (TPSA) is 33.5 Å². The van der Waals surface area contributed by atoms with E-state index in [1.54, 1.807) is 7.11 Å². The number of likely N-dealkylation sites (tertiary alicyclic amines) is 1. The van der Waals surface area contributed by atoms with Gasteiger partial charge in [-0.15, -0.1) is 0 Å². The van der Waals surface area contributed by atoms with Gasteiger partial charge in [0.25, 0.3) is 0 Å². The molecule has 0 aliphatic carbocycles. The highest BCUT2D eigenvalue weighted by Gasteiger charge is 2.20. The van der Waals surface area contributed by atoms with Crippen LogP contribution in [0.1, 0.15) is 29.7 Å². The molecular formula is C22H34N4O. The molecule has 0 spiro atoms. The molecule has 0 radical (unpaired) electrons. The number of hydrogen-bond donors (Lipinski definition) is 0. The van der Waals surface area contributed by atoms with E-state index in [1.165, 1.54) is 49.3 Å². The maximum Gasteiger partial charge on any atom is 0.118 e. The van der Waals surface area contributed by atoms with Crippen LogP contribution in [0, 0.1) is 12.8 Å². The van der Waals surface area contributed by atoms with Crippen LogP contribution in [0.25, 0.3) is 0 Å². The Bertz CT molecular complexity index is 702. The lowest BCUT2D eigenvalue weighted by Gasteiger charge is -2.33. The highest BCUT2D eigenvalue weighted by molar-refractivity contribution is 5.27. The molecule has 0 N–H and O–H groups in total. The molecule has 0 saturated carbocycles. The third-order valence-corrected chi connectivity index (χ3v) is 5.96. The van der Waals surface area contributed by atoms with Crippen molar-refractivity contribution in [1.82, 2.24) is 19.6 Å². The van der Waals surface area contributed by atoms with Gasteiger partial charge in [0.05, 0.1) is 13.3 Å². The number of aromatic nitrogens is 2. The molecule has 1 aliphatic heterocycles. The Labute approximate surface area is 163 Å². The monoisotopic (exact) mass is 370 g/mol.